The zero-order chi connectivity index (χ0) is 76.5. The molecule has 0 bridgehead atoms. The number of carbonyl (C=O) groups excluding carboxylic acids is 1. The van der Waals surface area contributed by atoms with Crippen LogP contribution in [0.1, 0.15) is 34.1 Å². The summed E-state index contributed by atoms with van der Waals surface area (Å²) in [6, 6.07) is -5.16. The van der Waals surface area contributed by atoms with Crippen LogP contribution in [0.15, 0.2) is 23.3 Å². The van der Waals surface area contributed by atoms with Gasteiger partial charge >= 0.3 is 5.97 Å². The van der Waals surface area contributed by atoms with Gasteiger partial charge in [-0.1, -0.05) is 19.1 Å². The van der Waals surface area contributed by atoms with Gasteiger partial charge in [0, 0.05) is 5.92 Å². The Morgan fingerprint density at radius 3 is 1.15 bits per heavy atom. The first kappa shape index (κ1) is 85.3. The molecule has 2 aliphatic carbocycles. The van der Waals surface area contributed by atoms with Gasteiger partial charge in [0.25, 0.3) is 0 Å². The van der Waals surface area contributed by atoms with Crippen molar-refractivity contribution < 1.29 is 204 Å². The van der Waals surface area contributed by atoms with E-state index in [9.17, 15) is 138 Å². The van der Waals surface area contributed by atoms with Gasteiger partial charge in [0.2, 0.25) is 0 Å². The Kier molecular flexibility index (Phi) is 30.1. The number of ether oxygens (including phenoxy) is 14. The highest BCUT2D eigenvalue weighted by atomic mass is 16.8. The standard InChI is InChI=1S/C61H102N2O41/c1-15(70)5-28(71)91-14-27-49(16(2)31(72)56(98-27)101-52-24(11-67)96-61(47(88)41(52)82)104-54-26(13-69)97-60(48(89)42(54)83)103-51-23(10-66)94-55(90)43(84)39(51)80)99-57-44(85)35(76)30(17(3)92-57)63-22-7-20(9-65)50(38(79)34(22)75)100-59-46(87)40(81)53(25(12-68)95-59)102-58-45(86)36(77)29(18(4)93-58)62-21-6-19(8-64)32(73)37(78)33(21)74/h6-7,15-18,21-27,29-70,72-90H,5,8-14H2,1-4H3. The third-order valence-electron chi connectivity index (χ3n) is 20.4. The van der Waals surface area contributed by atoms with Crippen molar-refractivity contribution in [2.75, 3.05) is 46.2 Å². The SMILES string of the molecule is CC(O)CC(=O)OCC1OC(OC2C(CO)OC(OC3C(CO)OC(OC4C(CO)OC(O)C(O)C4O)C(O)C3O)C(O)C2O)C(O)C(C)C1OC1OC(C)C(NC2C=C(CO)C(OC3OC(CO)C(OC4OC(C)C(NC5C=C(CO)C(O)C(O)C5O)C(O)C4O)C(O)C3O)C(O)C2O)C(O)C1O. The maximum absolute atomic E-state index is 12.8. The van der Waals surface area contributed by atoms with Crippen LogP contribution in [0.3, 0.4) is 0 Å². The van der Waals surface area contributed by atoms with Crippen molar-refractivity contribution in [1.82, 2.24) is 10.6 Å². The molecule has 44 atom stereocenters. The van der Waals surface area contributed by atoms with E-state index in [0.29, 0.717) is 0 Å². The summed E-state index contributed by atoms with van der Waals surface area (Å²) in [5.41, 5.74) is -0.223. The predicted octanol–water partition coefficient (Wildman–Crippen LogP) is -16.7. The second kappa shape index (κ2) is 36.6. The number of esters is 1. The minimum atomic E-state index is -2.19. The largest absolute Gasteiger partial charge is 0.463 e. The molecule has 7 fully saturated rings. The van der Waals surface area contributed by atoms with Crippen LogP contribution in [0.4, 0.5) is 0 Å². The molecule has 43 nitrogen and oxygen atoms in total. The highest BCUT2D eigenvalue weighted by Crippen LogP contribution is 2.40. The van der Waals surface area contributed by atoms with Crippen LogP contribution in [0.2, 0.25) is 0 Å². The van der Waals surface area contributed by atoms with Gasteiger partial charge in [0.1, 0.15) is 178 Å². The summed E-state index contributed by atoms with van der Waals surface area (Å²) in [5.74, 6) is -2.20. The fourth-order valence-electron chi connectivity index (χ4n) is 14.2. The van der Waals surface area contributed by atoms with Crippen molar-refractivity contribution >= 4 is 5.97 Å². The first-order valence-corrected chi connectivity index (χ1v) is 34.0. The molecule has 0 aromatic carbocycles. The summed E-state index contributed by atoms with van der Waals surface area (Å²) in [6.07, 6.45) is -68.4. The Morgan fingerprint density at radius 2 is 0.740 bits per heavy atom. The smallest absolute Gasteiger partial charge is 0.308 e. The Labute approximate surface area is 592 Å². The summed E-state index contributed by atoms with van der Waals surface area (Å²) in [5, 5.41) is 288. The van der Waals surface area contributed by atoms with Crippen LogP contribution < -0.4 is 10.6 Å². The van der Waals surface area contributed by atoms with E-state index in [0.717, 1.165) is 0 Å². The van der Waals surface area contributed by atoms with Gasteiger partial charge in [-0.25, -0.2) is 0 Å². The lowest BCUT2D eigenvalue weighted by Crippen LogP contribution is -2.68. The Hall–Kier alpha value is -2.69. The summed E-state index contributed by atoms with van der Waals surface area (Å²) >= 11 is 0. The maximum atomic E-state index is 12.8. The summed E-state index contributed by atoms with van der Waals surface area (Å²) in [6.45, 7) is -0.734. The second-order valence-electron chi connectivity index (χ2n) is 27.6. The lowest BCUT2D eigenvalue weighted by Gasteiger charge is -2.50. The van der Waals surface area contributed by atoms with Crippen molar-refractivity contribution in [2.45, 2.75) is 298 Å². The maximum Gasteiger partial charge on any atom is 0.308 e. The molecule has 44 unspecified atom stereocenters. The lowest BCUT2D eigenvalue weighted by molar-refractivity contribution is -0.389. The van der Waals surface area contributed by atoms with Crippen molar-refractivity contribution in [2.24, 2.45) is 5.92 Å². The first-order valence-electron chi connectivity index (χ1n) is 34.0. The van der Waals surface area contributed by atoms with Crippen molar-refractivity contribution in [3.05, 3.63) is 23.3 Å². The van der Waals surface area contributed by atoms with Crippen LogP contribution in [0.5, 0.6) is 0 Å². The van der Waals surface area contributed by atoms with Crippen LogP contribution >= 0.6 is 0 Å². The summed E-state index contributed by atoms with van der Waals surface area (Å²) < 4.78 is 80.8. The molecule has 104 heavy (non-hydrogen) atoms. The average molecular weight is 1520 g/mol. The zero-order valence-corrected chi connectivity index (χ0v) is 56.5. The molecule has 602 valence electrons. The number of carbonyl (C=O) groups is 1. The van der Waals surface area contributed by atoms with Gasteiger partial charge in [0.15, 0.2) is 44.0 Å². The topological polar surface area (TPSA) is 696 Å². The van der Waals surface area contributed by atoms with E-state index in [1.807, 2.05) is 0 Å². The molecule has 43 heteroatoms. The molecular weight excluding hydrogens is 1420 g/mol. The Bertz CT molecular complexity index is 2750. The van der Waals surface area contributed by atoms with Gasteiger partial charge in [-0.15, -0.1) is 0 Å². The van der Waals surface area contributed by atoms with Gasteiger partial charge in [-0.05, 0) is 31.9 Å². The zero-order valence-electron chi connectivity index (χ0n) is 56.5. The van der Waals surface area contributed by atoms with Crippen LogP contribution in [-0.4, -0.2) is 449 Å². The van der Waals surface area contributed by atoms with Crippen LogP contribution in [0, 0.1) is 5.92 Å². The minimum Gasteiger partial charge on any atom is -0.463 e. The van der Waals surface area contributed by atoms with Crippen molar-refractivity contribution in [1.29, 1.82) is 0 Å². The van der Waals surface area contributed by atoms with Crippen molar-refractivity contribution in [3.63, 3.8) is 0 Å². The molecule has 0 radical (unpaired) electrons. The quantitative estimate of drug-likeness (QED) is 0.0282. The summed E-state index contributed by atoms with van der Waals surface area (Å²) in [7, 11) is 0. The lowest BCUT2D eigenvalue weighted by atomic mass is 9.86. The normalized spacial score (nSPS) is 50.8. The number of aliphatic hydroxyl groups is 26. The first-order chi connectivity index (χ1) is 49.1. The van der Waals surface area contributed by atoms with Crippen LogP contribution in [0.25, 0.3) is 0 Å². The monoisotopic (exact) mass is 1520 g/mol. The molecule has 9 aliphatic rings. The molecule has 28 N–H and O–H groups in total. The third kappa shape index (κ3) is 18.1. The van der Waals surface area contributed by atoms with Crippen LogP contribution in [-0.2, 0) is 71.1 Å². The Morgan fingerprint density at radius 1 is 0.394 bits per heavy atom. The molecule has 0 spiro atoms. The number of nitrogens with one attached hydrogen (secondary N) is 2. The highest BCUT2D eigenvalue weighted by Gasteiger charge is 2.59. The van der Waals surface area contributed by atoms with E-state index in [2.05, 4.69) is 10.6 Å². The van der Waals surface area contributed by atoms with E-state index in [1.165, 1.54) is 39.8 Å². The molecule has 7 heterocycles. The minimum absolute atomic E-state index is 0.0388. The third-order valence-corrected chi connectivity index (χ3v) is 20.4. The molecular formula is C61H102N2O41. The number of aliphatic hydroxyl groups excluding tert-OH is 26. The van der Waals surface area contributed by atoms with Crippen molar-refractivity contribution in [3.8, 4) is 0 Å². The predicted molar refractivity (Wildman–Crippen MR) is 328 cm³/mol. The molecule has 9 rings (SSSR count). The summed E-state index contributed by atoms with van der Waals surface area (Å²) in [4.78, 5) is 12.8. The molecule has 0 aromatic heterocycles. The molecule has 7 saturated heterocycles. The van der Waals surface area contributed by atoms with Gasteiger partial charge in [-0.2, -0.15) is 0 Å². The molecule has 0 amide bonds. The van der Waals surface area contributed by atoms with E-state index in [1.54, 1.807) is 0 Å². The van der Waals surface area contributed by atoms with E-state index in [4.69, 9.17) is 66.3 Å². The van der Waals surface area contributed by atoms with E-state index in [-0.39, 0.29) is 11.1 Å². The van der Waals surface area contributed by atoms with Gasteiger partial charge < -0.3 is 210 Å². The fraction of sp³-hybridized carbons (Fsp3) is 0.918. The number of hydrogen-bond acceptors (Lipinski definition) is 43. The molecule has 0 aromatic rings. The van der Waals surface area contributed by atoms with Gasteiger partial charge in [0.05, 0.1) is 94.6 Å². The second-order valence-corrected chi connectivity index (χ2v) is 27.6. The average Bonchev–Trinajstić information content (AvgIpc) is 0.775. The molecule has 7 aliphatic heterocycles. The molecule has 0 saturated carbocycles. The van der Waals surface area contributed by atoms with E-state index < -0.39 is 328 Å². The Balaban J connectivity index is 0.811. The van der Waals surface area contributed by atoms with E-state index >= 15 is 0 Å². The van der Waals surface area contributed by atoms with Gasteiger partial charge in [-0.3, -0.25) is 4.79 Å². The number of hydrogen-bond donors (Lipinski definition) is 28. The number of rotatable bonds is 26. The highest BCUT2D eigenvalue weighted by molar-refractivity contribution is 5.69. The fourth-order valence-corrected chi connectivity index (χ4v) is 14.2.